The minimum absolute atomic E-state index is 0.436. The second-order valence-corrected chi connectivity index (χ2v) is 6.50. The predicted octanol–water partition coefficient (Wildman–Crippen LogP) is 5.56. The lowest BCUT2D eigenvalue weighted by atomic mass is 10.1. The molecular formula is C16H11Cl2NOS. The summed E-state index contributed by atoms with van der Waals surface area (Å²) < 4.78 is 0. The highest BCUT2D eigenvalue weighted by atomic mass is 35.5. The zero-order chi connectivity index (χ0) is 15.0. The molecule has 0 aliphatic rings. The number of pyridine rings is 1. The van der Waals surface area contributed by atoms with Crippen LogP contribution in [0.1, 0.15) is 22.2 Å². The lowest BCUT2D eigenvalue weighted by molar-refractivity contribution is 0.108. The van der Waals surface area contributed by atoms with Crippen LogP contribution in [-0.2, 0) is 6.42 Å². The second kappa shape index (κ2) is 5.76. The molecule has 0 saturated heterocycles. The maximum absolute atomic E-state index is 11.7. The molecule has 3 rings (SSSR count). The van der Waals surface area contributed by atoms with Crippen molar-refractivity contribution >= 4 is 50.7 Å². The minimum atomic E-state index is -0.502. The first-order valence-electron chi connectivity index (χ1n) is 6.48. The van der Waals surface area contributed by atoms with Gasteiger partial charge in [-0.2, -0.15) is 0 Å². The molecule has 2 aromatic heterocycles. The Morgan fingerprint density at radius 2 is 2.10 bits per heavy atom. The maximum Gasteiger partial charge on any atom is 0.253 e. The first-order valence-corrected chi connectivity index (χ1v) is 8.05. The Kier molecular flexibility index (Phi) is 3.98. The van der Waals surface area contributed by atoms with Crippen molar-refractivity contribution in [3.8, 4) is 10.6 Å². The van der Waals surface area contributed by atoms with Gasteiger partial charge in [0.15, 0.2) is 0 Å². The number of aryl methyl sites for hydroxylation is 1. The molecule has 0 aliphatic heterocycles. The molecule has 0 radical (unpaired) electrons. The minimum Gasteiger partial charge on any atom is -0.276 e. The zero-order valence-electron chi connectivity index (χ0n) is 11.2. The first-order chi connectivity index (χ1) is 10.1. The van der Waals surface area contributed by atoms with Crippen LogP contribution >= 0.6 is 34.5 Å². The summed E-state index contributed by atoms with van der Waals surface area (Å²) in [5.41, 5.74) is 1.77. The second-order valence-electron chi connectivity index (χ2n) is 4.58. The number of hydrogen-bond donors (Lipinski definition) is 0. The van der Waals surface area contributed by atoms with Gasteiger partial charge in [0, 0.05) is 15.8 Å². The Morgan fingerprint density at radius 3 is 2.76 bits per heavy atom. The molecule has 5 heteroatoms. The Hall–Kier alpha value is -1.42. The predicted molar refractivity (Wildman–Crippen MR) is 89.6 cm³/mol. The van der Waals surface area contributed by atoms with Gasteiger partial charge in [0.2, 0.25) is 0 Å². The number of hydrogen-bond acceptors (Lipinski definition) is 3. The molecule has 0 bridgehead atoms. The highest BCUT2D eigenvalue weighted by molar-refractivity contribution is 7.15. The number of carbonyl (C=O) groups is 1. The van der Waals surface area contributed by atoms with Crippen LogP contribution in [0.3, 0.4) is 0 Å². The molecule has 2 nitrogen and oxygen atoms in total. The lowest BCUT2D eigenvalue weighted by Gasteiger charge is -2.07. The fourth-order valence-electron chi connectivity index (χ4n) is 2.21. The van der Waals surface area contributed by atoms with Gasteiger partial charge in [-0.15, -0.1) is 11.3 Å². The fourth-order valence-corrected chi connectivity index (χ4v) is 3.49. The van der Waals surface area contributed by atoms with Crippen LogP contribution in [0.15, 0.2) is 36.4 Å². The fraction of sp³-hybridized carbons (Fsp3) is 0.125. The van der Waals surface area contributed by atoms with E-state index in [1.165, 1.54) is 4.88 Å². The van der Waals surface area contributed by atoms with Crippen molar-refractivity contribution in [3.63, 3.8) is 0 Å². The molecule has 0 N–H and O–H groups in total. The summed E-state index contributed by atoms with van der Waals surface area (Å²) in [6, 6.07) is 11.2. The van der Waals surface area contributed by atoms with Crippen molar-refractivity contribution < 1.29 is 4.79 Å². The number of fused-ring (bicyclic) bond motifs is 1. The molecule has 0 atom stereocenters. The number of aromatic nitrogens is 1. The number of carbonyl (C=O) groups excluding carboxylic acids is 1. The van der Waals surface area contributed by atoms with Crippen molar-refractivity contribution in [2.75, 3.05) is 0 Å². The summed E-state index contributed by atoms with van der Waals surface area (Å²) in [4.78, 5) is 18.6. The Morgan fingerprint density at radius 1 is 1.29 bits per heavy atom. The maximum atomic E-state index is 11.7. The Bertz CT molecular complexity index is 841. The summed E-state index contributed by atoms with van der Waals surface area (Å²) in [5, 5.41) is 0.692. The average Bonchev–Trinajstić information content (AvgIpc) is 2.95. The van der Waals surface area contributed by atoms with E-state index in [0.717, 1.165) is 17.0 Å². The molecule has 21 heavy (non-hydrogen) atoms. The molecule has 1 aromatic carbocycles. The molecule has 0 spiro atoms. The third-order valence-electron chi connectivity index (χ3n) is 3.26. The number of rotatable bonds is 3. The van der Waals surface area contributed by atoms with Crippen molar-refractivity contribution in [1.82, 2.24) is 4.98 Å². The molecular weight excluding hydrogens is 325 g/mol. The Balaban J connectivity index is 2.29. The van der Waals surface area contributed by atoms with E-state index in [0.29, 0.717) is 21.5 Å². The number of nitrogens with zero attached hydrogens (tertiary/aromatic N) is 1. The summed E-state index contributed by atoms with van der Waals surface area (Å²) in [5.74, 6) is 0. The van der Waals surface area contributed by atoms with Gasteiger partial charge >= 0.3 is 0 Å². The van der Waals surface area contributed by atoms with Gasteiger partial charge < -0.3 is 0 Å². The van der Waals surface area contributed by atoms with Crippen LogP contribution in [0.4, 0.5) is 0 Å². The highest BCUT2D eigenvalue weighted by Gasteiger charge is 2.14. The number of thiophene rings is 1. The van der Waals surface area contributed by atoms with Crippen LogP contribution in [0.25, 0.3) is 21.5 Å². The van der Waals surface area contributed by atoms with E-state index in [1.807, 2.05) is 6.07 Å². The van der Waals surface area contributed by atoms with Crippen LogP contribution in [0, 0.1) is 0 Å². The molecule has 0 aliphatic carbocycles. The lowest BCUT2D eigenvalue weighted by Crippen LogP contribution is -1.95. The molecule has 106 valence electrons. The van der Waals surface area contributed by atoms with Crippen LogP contribution < -0.4 is 0 Å². The SMILES string of the molecule is CCc1ccc(-c2cc(C(=O)Cl)c3cccc(Cl)c3n2)s1. The number of benzene rings is 1. The van der Waals surface area contributed by atoms with E-state index in [1.54, 1.807) is 35.6 Å². The van der Waals surface area contributed by atoms with Gasteiger partial charge in [-0.05, 0) is 42.3 Å². The van der Waals surface area contributed by atoms with Crippen molar-refractivity contribution in [1.29, 1.82) is 0 Å². The number of halogens is 2. The summed E-state index contributed by atoms with van der Waals surface area (Å²) in [6.07, 6.45) is 0.973. The van der Waals surface area contributed by atoms with E-state index in [4.69, 9.17) is 23.2 Å². The highest BCUT2D eigenvalue weighted by Crippen LogP contribution is 2.33. The quantitative estimate of drug-likeness (QED) is 0.586. The van der Waals surface area contributed by atoms with Crippen molar-refractivity contribution in [2.45, 2.75) is 13.3 Å². The summed E-state index contributed by atoms with van der Waals surface area (Å²) >= 11 is 13.6. The van der Waals surface area contributed by atoms with Gasteiger partial charge in [-0.25, -0.2) is 4.98 Å². The molecule has 0 amide bonds. The molecule has 3 aromatic rings. The van der Waals surface area contributed by atoms with E-state index in [9.17, 15) is 4.79 Å². The largest absolute Gasteiger partial charge is 0.276 e. The van der Waals surface area contributed by atoms with E-state index >= 15 is 0 Å². The topological polar surface area (TPSA) is 30.0 Å². The van der Waals surface area contributed by atoms with Crippen LogP contribution in [-0.4, -0.2) is 10.2 Å². The first kappa shape index (κ1) is 14.5. The van der Waals surface area contributed by atoms with E-state index in [2.05, 4.69) is 18.0 Å². The molecule has 0 saturated carbocycles. The summed E-state index contributed by atoms with van der Waals surface area (Å²) in [6.45, 7) is 2.11. The zero-order valence-corrected chi connectivity index (χ0v) is 13.5. The third kappa shape index (κ3) is 2.69. The molecule has 2 heterocycles. The van der Waals surface area contributed by atoms with Gasteiger partial charge in [0.05, 0.1) is 21.1 Å². The van der Waals surface area contributed by atoms with Crippen molar-refractivity contribution in [3.05, 3.63) is 51.9 Å². The Labute approximate surface area is 136 Å². The van der Waals surface area contributed by atoms with E-state index < -0.39 is 5.24 Å². The van der Waals surface area contributed by atoms with E-state index in [-0.39, 0.29) is 0 Å². The number of para-hydroxylation sites is 1. The van der Waals surface area contributed by atoms with Gasteiger partial charge in [0.25, 0.3) is 5.24 Å². The molecule has 0 unspecified atom stereocenters. The smallest absolute Gasteiger partial charge is 0.253 e. The normalized spacial score (nSPS) is 11.0. The third-order valence-corrected chi connectivity index (χ3v) is 5.03. The monoisotopic (exact) mass is 335 g/mol. The summed E-state index contributed by atoms with van der Waals surface area (Å²) in [7, 11) is 0. The molecule has 0 fully saturated rings. The van der Waals surface area contributed by atoms with Gasteiger partial charge in [-0.1, -0.05) is 30.7 Å². The standard InChI is InChI=1S/C16H11Cl2NOS/c1-2-9-6-7-14(21-9)13-8-11(16(18)20)10-4-3-5-12(17)15(10)19-13/h3-8H,2H2,1H3. The van der Waals surface area contributed by atoms with Crippen molar-refractivity contribution in [2.24, 2.45) is 0 Å². The van der Waals surface area contributed by atoms with Gasteiger partial charge in [-0.3, -0.25) is 4.79 Å². The van der Waals surface area contributed by atoms with Crippen LogP contribution in [0.5, 0.6) is 0 Å². The van der Waals surface area contributed by atoms with Gasteiger partial charge in [0.1, 0.15) is 0 Å². The van der Waals surface area contributed by atoms with Crippen LogP contribution in [0.2, 0.25) is 5.02 Å². The average molecular weight is 336 g/mol.